The minimum Gasteiger partial charge on any atom is -0.340 e. The van der Waals surface area contributed by atoms with Gasteiger partial charge in [-0.15, -0.1) is 10.2 Å². The van der Waals surface area contributed by atoms with Crippen LogP contribution in [0.5, 0.6) is 0 Å². The van der Waals surface area contributed by atoms with Crippen LogP contribution in [0.3, 0.4) is 0 Å². The summed E-state index contributed by atoms with van der Waals surface area (Å²) in [5, 5.41) is 10.0. The molecule has 1 aliphatic rings. The second kappa shape index (κ2) is 8.35. The molecule has 2 aromatic carbocycles. The number of benzene rings is 2. The Labute approximate surface area is 214 Å². The number of nitrogens with two attached hydrogens (primary N) is 1. The summed E-state index contributed by atoms with van der Waals surface area (Å²) in [7, 11) is 1.97. The summed E-state index contributed by atoms with van der Waals surface area (Å²) in [5.41, 5.74) is 14.4. The molecule has 0 radical (unpaired) electrons. The highest BCUT2D eigenvalue weighted by Gasteiger charge is 2.34. The molecule has 6 aromatic rings. The molecule has 4 heterocycles. The molecule has 182 valence electrons. The molecule has 1 aliphatic carbocycles. The Bertz CT molecular complexity index is 1740. The van der Waals surface area contributed by atoms with Crippen LogP contribution in [0.15, 0.2) is 85.5 Å². The number of imidazole rings is 1. The van der Waals surface area contributed by atoms with Gasteiger partial charge in [-0.05, 0) is 42.5 Å². The lowest BCUT2D eigenvalue weighted by atomic mass is 9.72. The van der Waals surface area contributed by atoms with Crippen LogP contribution < -0.4 is 5.73 Å². The van der Waals surface area contributed by atoms with Gasteiger partial charge < -0.3 is 10.3 Å². The number of hydrogen-bond acceptors (Lipinski definition) is 5. The summed E-state index contributed by atoms with van der Waals surface area (Å²) in [6.45, 7) is 0. The fraction of sp³-hybridized carbons (Fsp3) is 0.200. The summed E-state index contributed by atoms with van der Waals surface area (Å²) < 4.78 is 3.99. The number of aromatic nitrogens is 6. The first-order valence-corrected chi connectivity index (χ1v) is 12.7. The number of rotatable bonds is 5. The third kappa shape index (κ3) is 3.70. The van der Waals surface area contributed by atoms with Gasteiger partial charge in [-0.2, -0.15) is 0 Å². The zero-order valence-electron chi connectivity index (χ0n) is 20.7. The van der Waals surface area contributed by atoms with Crippen LogP contribution in [0.4, 0.5) is 0 Å². The molecule has 7 nitrogen and oxygen atoms in total. The van der Waals surface area contributed by atoms with Gasteiger partial charge in [0.05, 0.1) is 29.7 Å². The van der Waals surface area contributed by atoms with E-state index in [1.165, 1.54) is 12.0 Å². The van der Waals surface area contributed by atoms with Crippen LogP contribution >= 0.6 is 0 Å². The van der Waals surface area contributed by atoms with E-state index >= 15 is 0 Å². The van der Waals surface area contributed by atoms with E-state index in [1.807, 2.05) is 40.5 Å². The van der Waals surface area contributed by atoms with Crippen molar-refractivity contribution in [3.05, 3.63) is 103 Å². The van der Waals surface area contributed by atoms with Crippen LogP contribution in [-0.4, -0.2) is 29.1 Å². The van der Waals surface area contributed by atoms with Gasteiger partial charge >= 0.3 is 0 Å². The van der Waals surface area contributed by atoms with Gasteiger partial charge in [-0.1, -0.05) is 54.6 Å². The summed E-state index contributed by atoms with van der Waals surface area (Å²) in [4.78, 5) is 9.62. The van der Waals surface area contributed by atoms with Crippen molar-refractivity contribution in [3.63, 3.8) is 0 Å². The maximum absolute atomic E-state index is 6.58. The Hall–Kier alpha value is -4.36. The molecule has 1 saturated carbocycles. The molecule has 0 unspecified atom stereocenters. The highest BCUT2D eigenvalue weighted by molar-refractivity contribution is 5.98. The van der Waals surface area contributed by atoms with Crippen LogP contribution in [0.1, 0.15) is 36.3 Å². The van der Waals surface area contributed by atoms with E-state index in [-0.39, 0.29) is 5.54 Å². The minimum atomic E-state index is -0.177. The molecule has 0 aliphatic heterocycles. The fourth-order valence-electron chi connectivity index (χ4n) is 5.35. The Morgan fingerprint density at radius 2 is 1.76 bits per heavy atom. The van der Waals surface area contributed by atoms with Crippen molar-refractivity contribution in [1.29, 1.82) is 0 Å². The van der Waals surface area contributed by atoms with E-state index in [0.29, 0.717) is 6.42 Å². The maximum atomic E-state index is 6.58. The molecule has 0 bridgehead atoms. The van der Waals surface area contributed by atoms with Crippen LogP contribution in [-0.2, 0) is 19.0 Å². The van der Waals surface area contributed by atoms with Gasteiger partial charge in [-0.25, -0.2) is 9.97 Å². The number of pyridine rings is 2. The van der Waals surface area contributed by atoms with Gasteiger partial charge in [0, 0.05) is 41.5 Å². The standard InChI is InChI=1S/C30H27N7/c1-36-18-23(32-19-36)16-27-34-35-29-25-17-24(20-6-3-2-4-7-20)28(33-26(25)12-15-37(27)29)21-8-10-22(11-9-21)30(31)13-5-14-30/h2-4,6-12,15,17-19H,5,13-14,16,31H2,1H3. The van der Waals surface area contributed by atoms with Gasteiger partial charge in [0.2, 0.25) is 0 Å². The predicted octanol–water partition coefficient (Wildman–Crippen LogP) is 5.27. The average molecular weight is 486 g/mol. The first kappa shape index (κ1) is 21.9. The topological polar surface area (TPSA) is 86.9 Å². The molecule has 37 heavy (non-hydrogen) atoms. The summed E-state index contributed by atoms with van der Waals surface area (Å²) >= 11 is 0. The number of aryl methyl sites for hydroxylation is 1. The van der Waals surface area contributed by atoms with Crippen molar-refractivity contribution in [1.82, 2.24) is 29.1 Å². The van der Waals surface area contributed by atoms with E-state index in [1.54, 1.807) is 6.33 Å². The Kier molecular flexibility index (Phi) is 4.94. The molecule has 1 fully saturated rings. The first-order valence-electron chi connectivity index (χ1n) is 12.7. The zero-order valence-corrected chi connectivity index (χ0v) is 20.7. The van der Waals surface area contributed by atoms with Gasteiger partial charge in [0.15, 0.2) is 5.65 Å². The summed E-state index contributed by atoms with van der Waals surface area (Å²) in [6, 6.07) is 23.3. The Balaban J connectivity index is 1.37. The van der Waals surface area contributed by atoms with Crippen LogP contribution in [0, 0.1) is 0 Å². The van der Waals surface area contributed by atoms with Crippen molar-refractivity contribution >= 4 is 16.6 Å². The molecule has 7 heteroatoms. The van der Waals surface area contributed by atoms with Crippen LogP contribution in [0.25, 0.3) is 38.9 Å². The predicted molar refractivity (Wildman–Crippen MR) is 145 cm³/mol. The Morgan fingerprint density at radius 3 is 2.46 bits per heavy atom. The second-order valence-electron chi connectivity index (χ2n) is 10.1. The van der Waals surface area contributed by atoms with E-state index in [9.17, 15) is 0 Å². The molecule has 2 N–H and O–H groups in total. The van der Waals surface area contributed by atoms with Gasteiger partial charge in [0.1, 0.15) is 5.82 Å². The SMILES string of the molecule is Cn1cnc(Cc2nnc3c4cc(-c5ccccc5)c(-c5ccc(C6(N)CCC6)cc5)nc4ccn23)c1. The quantitative estimate of drug-likeness (QED) is 0.359. The van der Waals surface area contributed by atoms with Crippen molar-refractivity contribution in [3.8, 4) is 22.4 Å². The smallest absolute Gasteiger partial charge is 0.170 e. The lowest BCUT2D eigenvalue weighted by Gasteiger charge is -2.38. The van der Waals surface area contributed by atoms with E-state index in [4.69, 9.17) is 10.7 Å². The molecular weight excluding hydrogens is 458 g/mol. The highest BCUT2D eigenvalue weighted by Crippen LogP contribution is 2.40. The Morgan fingerprint density at radius 1 is 0.946 bits per heavy atom. The largest absolute Gasteiger partial charge is 0.340 e. The molecule has 7 rings (SSSR count). The van der Waals surface area contributed by atoms with Crippen molar-refractivity contribution in [2.24, 2.45) is 12.8 Å². The van der Waals surface area contributed by atoms with Crippen LogP contribution in [0.2, 0.25) is 0 Å². The third-order valence-electron chi connectivity index (χ3n) is 7.60. The van der Waals surface area contributed by atoms with E-state index in [2.05, 4.69) is 69.8 Å². The summed E-state index contributed by atoms with van der Waals surface area (Å²) in [5.74, 6) is 0.850. The molecule has 4 aromatic heterocycles. The average Bonchev–Trinajstić information content (AvgIpc) is 3.53. The van der Waals surface area contributed by atoms with Gasteiger partial charge in [0.25, 0.3) is 0 Å². The molecule has 0 spiro atoms. The normalized spacial score (nSPS) is 14.8. The first-order chi connectivity index (χ1) is 18.1. The number of nitrogens with zero attached hydrogens (tertiary/aromatic N) is 6. The maximum Gasteiger partial charge on any atom is 0.170 e. The monoisotopic (exact) mass is 485 g/mol. The van der Waals surface area contributed by atoms with E-state index in [0.717, 1.165) is 63.3 Å². The van der Waals surface area contributed by atoms with Crippen molar-refractivity contribution in [2.75, 3.05) is 0 Å². The number of hydrogen-bond donors (Lipinski definition) is 1. The fourth-order valence-corrected chi connectivity index (χ4v) is 5.35. The molecule has 0 amide bonds. The lowest BCUT2D eigenvalue weighted by molar-refractivity contribution is 0.253. The second-order valence-corrected chi connectivity index (χ2v) is 10.1. The van der Waals surface area contributed by atoms with Crippen molar-refractivity contribution < 1.29 is 0 Å². The van der Waals surface area contributed by atoms with Crippen molar-refractivity contribution in [2.45, 2.75) is 31.2 Å². The zero-order chi connectivity index (χ0) is 25.0. The van der Waals surface area contributed by atoms with E-state index < -0.39 is 0 Å². The lowest BCUT2D eigenvalue weighted by Crippen LogP contribution is -2.43. The highest BCUT2D eigenvalue weighted by atomic mass is 15.2. The number of fused-ring (bicyclic) bond motifs is 3. The third-order valence-corrected chi connectivity index (χ3v) is 7.60. The molecule has 0 saturated heterocycles. The minimum absolute atomic E-state index is 0.177. The van der Waals surface area contributed by atoms with Gasteiger partial charge in [-0.3, -0.25) is 4.40 Å². The molecule has 0 atom stereocenters. The molecular formula is C30H27N7. The summed E-state index contributed by atoms with van der Waals surface area (Å²) in [6.07, 6.45) is 9.72.